The van der Waals surface area contributed by atoms with Gasteiger partial charge in [0.25, 0.3) is 0 Å². The van der Waals surface area contributed by atoms with Gasteiger partial charge in [0.15, 0.2) is 0 Å². The van der Waals surface area contributed by atoms with Crippen molar-refractivity contribution < 1.29 is 8.78 Å². The highest BCUT2D eigenvalue weighted by Crippen LogP contribution is 2.27. The fourth-order valence-corrected chi connectivity index (χ4v) is 1.63. The lowest BCUT2D eigenvalue weighted by Gasteiger charge is -2.20. The SMILES string of the molecule is CN(c1cccc(N)c1)c1ccc(F)cc1F. The van der Waals surface area contributed by atoms with Gasteiger partial charge in [0.05, 0.1) is 5.69 Å². The topological polar surface area (TPSA) is 29.3 Å². The minimum atomic E-state index is -0.602. The van der Waals surface area contributed by atoms with Crippen LogP contribution in [0.1, 0.15) is 0 Å². The van der Waals surface area contributed by atoms with Crippen LogP contribution in [0.25, 0.3) is 0 Å². The van der Waals surface area contributed by atoms with Crippen molar-refractivity contribution in [3.05, 3.63) is 54.1 Å². The second-order valence-corrected chi connectivity index (χ2v) is 3.75. The van der Waals surface area contributed by atoms with E-state index in [0.717, 1.165) is 11.8 Å². The number of rotatable bonds is 2. The van der Waals surface area contributed by atoms with Gasteiger partial charge in [0, 0.05) is 24.5 Å². The van der Waals surface area contributed by atoms with Gasteiger partial charge in [-0.25, -0.2) is 8.78 Å². The third-order valence-electron chi connectivity index (χ3n) is 2.53. The first kappa shape index (κ1) is 11.4. The van der Waals surface area contributed by atoms with Gasteiger partial charge in [-0.2, -0.15) is 0 Å². The maximum atomic E-state index is 13.6. The zero-order valence-corrected chi connectivity index (χ0v) is 9.32. The van der Waals surface area contributed by atoms with Crippen molar-refractivity contribution in [3.8, 4) is 0 Å². The van der Waals surface area contributed by atoms with E-state index in [0.29, 0.717) is 11.4 Å². The monoisotopic (exact) mass is 234 g/mol. The fraction of sp³-hybridized carbons (Fsp3) is 0.0769. The molecule has 2 aromatic rings. The van der Waals surface area contributed by atoms with E-state index in [1.807, 2.05) is 0 Å². The summed E-state index contributed by atoms with van der Waals surface area (Å²) in [4.78, 5) is 1.62. The summed E-state index contributed by atoms with van der Waals surface area (Å²) in [5.74, 6) is -1.19. The van der Waals surface area contributed by atoms with Gasteiger partial charge in [0.1, 0.15) is 11.6 Å². The first-order valence-electron chi connectivity index (χ1n) is 5.12. The van der Waals surface area contributed by atoms with Crippen LogP contribution in [0.15, 0.2) is 42.5 Å². The number of halogens is 2. The highest BCUT2D eigenvalue weighted by atomic mass is 19.1. The van der Waals surface area contributed by atoms with Gasteiger partial charge < -0.3 is 10.6 Å². The molecule has 0 fully saturated rings. The largest absolute Gasteiger partial charge is 0.399 e. The molecule has 0 unspecified atom stereocenters. The molecule has 88 valence electrons. The van der Waals surface area contributed by atoms with Crippen molar-refractivity contribution in [2.45, 2.75) is 0 Å². The van der Waals surface area contributed by atoms with E-state index in [9.17, 15) is 8.78 Å². The molecule has 0 amide bonds. The predicted octanol–water partition coefficient (Wildman–Crippen LogP) is 3.31. The molecule has 0 aromatic heterocycles. The highest BCUT2D eigenvalue weighted by molar-refractivity contribution is 5.66. The smallest absolute Gasteiger partial charge is 0.149 e. The van der Waals surface area contributed by atoms with Crippen LogP contribution >= 0.6 is 0 Å². The zero-order valence-electron chi connectivity index (χ0n) is 9.32. The van der Waals surface area contributed by atoms with Crippen LogP contribution in [0.2, 0.25) is 0 Å². The van der Waals surface area contributed by atoms with E-state index in [-0.39, 0.29) is 0 Å². The fourth-order valence-electron chi connectivity index (χ4n) is 1.63. The molecule has 0 saturated heterocycles. The van der Waals surface area contributed by atoms with Gasteiger partial charge in [-0.15, -0.1) is 0 Å². The van der Waals surface area contributed by atoms with Gasteiger partial charge in [-0.3, -0.25) is 0 Å². The van der Waals surface area contributed by atoms with Crippen LogP contribution in [0.3, 0.4) is 0 Å². The number of nitrogen functional groups attached to an aromatic ring is 1. The lowest BCUT2D eigenvalue weighted by Crippen LogP contribution is -2.11. The predicted molar refractivity (Wildman–Crippen MR) is 65.3 cm³/mol. The van der Waals surface area contributed by atoms with Gasteiger partial charge in [-0.05, 0) is 30.3 Å². The first-order valence-corrected chi connectivity index (χ1v) is 5.12. The molecule has 4 heteroatoms. The summed E-state index contributed by atoms with van der Waals surface area (Å²) in [6.45, 7) is 0. The van der Waals surface area contributed by atoms with Gasteiger partial charge >= 0.3 is 0 Å². The lowest BCUT2D eigenvalue weighted by atomic mass is 10.2. The van der Waals surface area contributed by atoms with Gasteiger partial charge in [-0.1, -0.05) is 6.07 Å². The second-order valence-electron chi connectivity index (χ2n) is 3.75. The summed E-state index contributed by atoms with van der Waals surface area (Å²) in [5, 5.41) is 0. The molecule has 0 bridgehead atoms. The number of anilines is 3. The highest BCUT2D eigenvalue weighted by Gasteiger charge is 2.10. The number of nitrogens with zero attached hydrogens (tertiary/aromatic N) is 1. The average Bonchev–Trinajstić information content (AvgIpc) is 2.28. The van der Waals surface area contributed by atoms with Crippen molar-refractivity contribution in [2.24, 2.45) is 0 Å². The molecule has 0 spiro atoms. The van der Waals surface area contributed by atoms with Crippen LogP contribution in [0, 0.1) is 11.6 Å². The maximum absolute atomic E-state index is 13.6. The summed E-state index contributed by atoms with van der Waals surface area (Å²) in [7, 11) is 1.70. The number of benzene rings is 2. The van der Waals surface area contributed by atoms with Crippen LogP contribution in [0.5, 0.6) is 0 Å². The van der Waals surface area contributed by atoms with Crippen molar-refractivity contribution in [1.29, 1.82) is 0 Å². The first-order chi connectivity index (χ1) is 8.08. The molecule has 0 saturated carbocycles. The molecule has 0 heterocycles. The molecule has 0 aliphatic heterocycles. The maximum Gasteiger partial charge on any atom is 0.149 e. The quantitative estimate of drug-likeness (QED) is 0.808. The summed E-state index contributed by atoms with van der Waals surface area (Å²) < 4.78 is 26.4. The molecular formula is C13H12F2N2. The Bertz CT molecular complexity index is 541. The molecule has 17 heavy (non-hydrogen) atoms. The Morgan fingerprint density at radius 2 is 1.82 bits per heavy atom. The number of hydrogen-bond donors (Lipinski definition) is 1. The van der Waals surface area contributed by atoms with E-state index >= 15 is 0 Å². The van der Waals surface area contributed by atoms with Crippen LogP contribution in [-0.2, 0) is 0 Å². The van der Waals surface area contributed by atoms with E-state index in [1.54, 1.807) is 36.2 Å². The Balaban J connectivity index is 2.40. The van der Waals surface area contributed by atoms with Crippen LogP contribution in [0.4, 0.5) is 25.8 Å². The van der Waals surface area contributed by atoms with Crippen molar-refractivity contribution in [1.82, 2.24) is 0 Å². The van der Waals surface area contributed by atoms with E-state index < -0.39 is 11.6 Å². The molecule has 0 atom stereocenters. The standard InChI is InChI=1S/C13H12F2N2/c1-17(11-4-2-3-10(16)8-11)13-6-5-9(14)7-12(13)15/h2-8H,16H2,1H3. The van der Waals surface area contributed by atoms with E-state index in [4.69, 9.17) is 5.73 Å². The van der Waals surface area contributed by atoms with Crippen molar-refractivity contribution in [2.75, 3.05) is 17.7 Å². The minimum Gasteiger partial charge on any atom is -0.399 e. The molecule has 0 radical (unpaired) electrons. The van der Waals surface area contributed by atoms with Crippen LogP contribution < -0.4 is 10.6 Å². The zero-order chi connectivity index (χ0) is 12.4. The van der Waals surface area contributed by atoms with E-state index in [1.165, 1.54) is 12.1 Å². The molecule has 0 aliphatic carbocycles. The third-order valence-corrected chi connectivity index (χ3v) is 2.53. The minimum absolute atomic E-state index is 0.303. The Morgan fingerprint density at radius 1 is 1.06 bits per heavy atom. The normalized spacial score (nSPS) is 10.3. The average molecular weight is 234 g/mol. The van der Waals surface area contributed by atoms with Crippen LogP contribution in [-0.4, -0.2) is 7.05 Å². The number of hydrogen-bond acceptors (Lipinski definition) is 2. The molecule has 2 N–H and O–H groups in total. The Labute approximate surface area is 98.3 Å². The molecule has 0 aliphatic rings. The van der Waals surface area contributed by atoms with E-state index in [2.05, 4.69) is 0 Å². The van der Waals surface area contributed by atoms with Crippen molar-refractivity contribution in [3.63, 3.8) is 0 Å². The summed E-state index contributed by atoms with van der Waals surface area (Å²) in [6, 6.07) is 10.5. The third kappa shape index (κ3) is 2.36. The molecule has 2 nitrogen and oxygen atoms in total. The number of nitrogens with two attached hydrogens (primary N) is 1. The molecular weight excluding hydrogens is 222 g/mol. The Hall–Kier alpha value is -2.10. The Kier molecular flexibility index (Phi) is 2.95. The second kappa shape index (κ2) is 4.41. The van der Waals surface area contributed by atoms with Crippen molar-refractivity contribution >= 4 is 17.1 Å². The van der Waals surface area contributed by atoms with Gasteiger partial charge in [0.2, 0.25) is 0 Å². The summed E-state index contributed by atoms with van der Waals surface area (Å²) in [5.41, 5.74) is 7.30. The molecule has 2 aromatic carbocycles. The summed E-state index contributed by atoms with van der Waals surface area (Å²) >= 11 is 0. The molecule has 2 rings (SSSR count). The lowest BCUT2D eigenvalue weighted by molar-refractivity contribution is 0.583. The summed E-state index contributed by atoms with van der Waals surface area (Å²) in [6.07, 6.45) is 0. The Morgan fingerprint density at radius 3 is 2.47 bits per heavy atom.